The number of carbonyl (C=O) groups excluding carboxylic acids is 1. The van der Waals surface area contributed by atoms with Crippen LogP contribution in [0.2, 0.25) is 5.02 Å². The molecule has 31 heavy (non-hydrogen) atoms. The van der Waals surface area contributed by atoms with Crippen LogP contribution in [0.5, 0.6) is 11.5 Å². The highest BCUT2D eigenvalue weighted by Crippen LogP contribution is 2.38. The number of aliphatic imine (C=N–C) groups is 1. The summed E-state index contributed by atoms with van der Waals surface area (Å²) in [6, 6.07) is 11.3. The summed E-state index contributed by atoms with van der Waals surface area (Å²) in [7, 11) is 3.48. The van der Waals surface area contributed by atoms with Gasteiger partial charge >= 0.3 is 0 Å². The third kappa shape index (κ3) is 6.90. The summed E-state index contributed by atoms with van der Waals surface area (Å²) >= 11 is 6.31. The third-order valence-electron chi connectivity index (χ3n) is 4.49. The standard InChI is InChI=1S/C22H27ClN4O3.HI/c1-4-24-22(25-13-15-5-7-17(8-6-15)21(28)27(2)3)26-14-16-11-18(23)20-19(12-16)29-9-10-30-20;/h5-8,11-12H,4,9-10,13-14H2,1-3H3,(H2,24,25,26);1H. The van der Waals surface area contributed by atoms with Crippen molar-refractivity contribution >= 4 is 47.4 Å². The monoisotopic (exact) mass is 558 g/mol. The van der Waals surface area contributed by atoms with Gasteiger partial charge in [0, 0.05) is 32.7 Å². The number of halogens is 2. The Morgan fingerprint density at radius 3 is 2.48 bits per heavy atom. The van der Waals surface area contributed by atoms with E-state index in [0.717, 1.165) is 17.7 Å². The average Bonchev–Trinajstić information content (AvgIpc) is 2.75. The highest BCUT2D eigenvalue weighted by Gasteiger charge is 2.16. The van der Waals surface area contributed by atoms with Gasteiger partial charge in [-0.3, -0.25) is 4.79 Å². The van der Waals surface area contributed by atoms with Crippen molar-refractivity contribution in [3.05, 3.63) is 58.1 Å². The van der Waals surface area contributed by atoms with Gasteiger partial charge in [0.2, 0.25) is 0 Å². The molecule has 1 aliphatic rings. The van der Waals surface area contributed by atoms with Crippen LogP contribution in [0.1, 0.15) is 28.4 Å². The van der Waals surface area contributed by atoms with Gasteiger partial charge in [-0.05, 0) is 42.3 Å². The van der Waals surface area contributed by atoms with Crippen molar-refractivity contribution in [1.29, 1.82) is 0 Å². The Hall–Kier alpha value is -2.20. The minimum Gasteiger partial charge on any atom is -0.486 e. The molecule has 1 heterocycles. The number of guanidine groups is 1. The molecule has 2 N–H and O–H groups in total. The summed E-state index contributed by atoms with van der Waals surface area (Å²) in [5.74, 6) is 1.93. The van der Waals surface area contributed by atoms with Gasteiger partial charge in [0.15, 0.2) is 17.5 Å². The van der Waals surface area contributed by atoms with Gasteiger partial charge in [-0.15, -0.1) is 24.0 Å². The Kier molecular flexibility index (Phi) is 9.70. The van der Waals surface area contributed by atoms with E-state index < -0.39 is 0 Å². The number of hydrogen-bond donors (Lipinski definition) is 2. The molecule has 1 aliphatic heterocycles. The molecule has 9 heteroatoms. The first-order valence-corrected chi connectivity index (χ1v) is 10.3. The van der Waals surface area contributed by atoms with Crippen LogP contribution in [0.4, 0.5) is 0 Å². The second-order valence-corrected chi connectivity index (χ2v) is 7.45. The second-order valence-electron chi connectivity index (χ2n) is 7.05. The predicted molar refractivity (Wildman–Crippen MR) is 134 cm³/mol. The minimum absolute atomic E-state index is 0. The normalized spacial score (nSPS) is 12.6. The van der Waals surface area contributed by atoms with E-state index in [9.17, 15) is 4.79 Å². The number of ether oxygens (including phenoxy) is 2. The minimum atomic E-state index is -0.0116. The van der Waals surface area contributed by atoms with E-state index in [0.29, 0.717) is 54.3 Å². The number of nitrogens with zero attached hydrogens (tertiary/aromatic N) is 2. The second kappa shape index (κ2) is 12.0. The molecule has 0 spiro atoms. The Bertz CT molecular complexity index is 920. The number of benzene rings is 2. The summed E-state index contributed by atoms with van der Waals surface area (Å²) in [5, 5.41) is 7.07. The quantitative estimate of drug-likeness (QED) is 0.321. The van der Waals surface area contributed by atoms with Crippen molar-refractivity contribution < 1.29 is 14.3 Å². The fourth-order valence-corrected chi connectivity index (χ4v) is 3.26. The first-order chi connectivity index (χ1) is 14.5. The number of carbonyl (C=O) groups is 1. The van der Waals surface area contributed by atoms with E-state index >= 15 is 0 Å². The molecule has 0 bridgehead atoms. The fraction of sp³-hybridized carbons (Fsp3) is 0.364. The van der Waals surface area contributed by atoms with Crippen LogP contribution in [0.15, 0.2) is 41.4 Å². The molecule has 0 fully saturated rings. The molecule has 168 valence electrons. The molecule has 0 saturated heterocycles. The first-order valence-electron chi connectivity index (χ1n) is 9.88. The first kappa shape index (κ1) is 25.1. The summed E-state index contributed by atoms with van der Waals surface area (Å²) in [6.07, 6.45) is 0. The molecular formula is C22H28ClIN4O3. The summed E-state index contributed by atoms with van der Waals surface area (Å²) in [5.41, 5.74) is 2.66. The lowest BCUT2D eigenvalue weighted by Crippen LogP contribution is -2.36. The van der Waals surface area contributed by atoms with Crippen molar-refractivity contribution in [3.63, 3.8) is 0 Å². The maximum absolute atomic E-state index is 12.0. The van der Waals surface area contributed by atoms with E-state index in [4.69, 9.17) is 21.1 Å². The van der Waals surface area contributed by atoms with Crippen LogP contribution in [0, 0.1) is 0 Å². The predicted octanol–water partition coefficient (Wildman–Crippen LogP) is 3.69. The lowest BCUT2D eigenvalue weighted by molar-refractivity contribution is 0.0827. The molecule has 3 rings (SSSR count). The number of fused-ring (bicyclic) bond motifs is 1. The number of amides is 1. The maximum atomic E-state index is 12.0. The van der Waals surface area contributed by atoms with Gasteiger partial charge in [0.1, 0.15) is 13.2 Å². The zero-order valence-corrected chi connectivity index (χ0v) is 21.0. The molecule has 2 aromatic rings. The molecule has 0 aromatic heterocycles. The van der Waals surface area contributed by atoms with Crippen molar-refractivity contribution in [3.8, 4) is 11.5 Å². The molecule has 0 unspecified atom stereocenters. The van der Waals surface area contributed by atoms with E-state index in [1.807, 2.05) is 43.3 Å². The molecule has 0 aliphatic carbocycles. The molecule has 7 nitrogen and oxygen atoms in total. The SMILES string of the molecule is CCNC(=NCc1cc(Cl)c2c(c1)OCCO2)NCc1ccc(C(=O)N(C)C)cc1.I. The van der Waals surface area contributed by atoms with Crippen LogP contribution < -0.4 is 20.1 Å². The van der Waals surface area contributed by atoms with Crippen LogP contribution in [0.25, 0.3) is 0 Å². The number of nitrogens with one attached hydrogen (secondary N) is 2. The Morgan fingerprint density at radius 2 is 1.81 bits per heavy atom. The van der Waals surface area contributed by atoms with Crippen molar-refractivity contribution in [2.45, 2.75) is 20.0 Å². The van der Waals surface area contributed by atoms with Crippen LogP contribution in [-0.4, -0.2) is 50.6 Å². The smallest absolute Gasteiger partial charge is 0.253 e. The van der Waals surface area contributed by atoms with Gasteiger partial charge in [0.05, 0.1) is 11.6 Å². The van der Waals surface area contributed by atoms with Crippen LogP contribution >= 0.6 is 35.6 Å². The number of rotatable bonds is 6. The zero-order valence-electron chi connectivity index (χ0n) is 17.9. The van der Waals surface area contributed by atoms with E-state index in [-0.39, 0.29) is 29.9 Å². The fourth-order valence-electron chi connectivity index (χ4n) is 2.98. The summed E-state index contributed by atoms with van der Waals surface area (Å²) in [6.45, 7) is 4.80. The molecular weight excluding hydrogens is 531 g/mol. The maximum Gasteiger partial charge on any atom is 0.253 e. The lowest BCUT2D eigenvalue weighted by atomic mass is 10.1. The Morgan fingerprint density at radius 1 is 1.10 bits per heavy atom. The third-order valence-corrected chi connectivity index (χ3v) is 4.77. The van der Waals surface area contributed by atoms with E-state index in [1.165, 1.54) is 0 Å². The van der Waals surface area contributed by atoms with Gasteiger partial charge in [0.25, 0.3) is 5.91 Å². The molecule has 0 atom stereocenters. The van der Waals surface area contributed by atoms with Crippen molar-refractivity contribution in [1.82, 2.24) is 15.5 Å². The lowest BCUT2D eigenvalue weighted by Gasteiger charge is -2.20. The van der Waals surface area contributed by atoms with Crippen LogP contribution in [0.3, 0.4) is 0 Å². The molecule has 2 aromatic carbocycles. The summed E-state index contributed by atoms with van der Waals surface area (Å²) < 4.78 is 11.2. The van der Waals surface area contributed by atoms with Crippen LogP contribution in [-0.2, 0) is 13.1 Å². The Labute approximate surface area is 205 Å². The number of hydrogen-bond acceptors (Lipinski definition) is 4. The van der Waals surface area contributed by atoms with E-state index in [2.05, 4.69) is 15.6 Å². The van der Waals surface area contributed by atoms with Crippen molar-refractivity contribution in [2.24, 2.45) is 4.99 Å². The largest absolute Gasteiger partial charge is 0.486 e. The van der Waals surface area contributed by atoms with Crippen molar-refractivity contribution in [2.75, 3.05) is 33.9 Å². The summed E-state index contributed by atoms with van der Waals surface area (Å²) in [4.78, 5) is 18.2. The average molecular weight is 559 g/mol. The van der Waals surface area contributed by atoms with Gasteiger partial charge in [-0.25, -0.2) is 4.99 Å². The topological polar surface area (TPSA) is 75.2 Å². The molecule has 0 saturated carbocycles. The van der Waals surface area contributed by atoms with Gasteiger partial charge in [-0.1, -0.05) is 23.7 Å². The highest BCUT2D eigenvalue weighted by atomic mass is 127. The Balaban J connectivity index is 0.00000341. The highest BCUT2D eigenvalue weighted by molar-refractivity contribution is 14.0. The molecule has 1 amide bonds. The zero-order chi connectivity index (χ0) is 21.5. The van der Waals surface area contributed by atoms with Gasteiger partial charge in [-0.2, -0.15) is 0 Å². The molecule has 0 radical (unpaired) electrons. The van der Waals surface area contributed by atoms with E-state index in [1.54, 1.807) is 19.0 Å². The van der Waals surface area contributed by atoms with Gasteiger partial charge < -0.3 is 25.0 Å².